The fourth-order valence-corrected chi connectivity index (χ4v) is 2.10. The second-order valence-electron chi connectivity index (χ2n) is 4.35. The highest BCUT2D eigenvalue weighted by molar-refractivity contribution is 6.38. The van der Waals surface area contributed by atoms with Gasteiger partial charge in [0.1, 0.15) is 5.75 Å². The fourth-order valence-electron chi connectivity index (χ4n) is 1.61. The summed E-state index contributed by atoms with van der Waals surface area (Å²) in [6, 6.07) is 13.5. The summed E-state index contributed by atoms with van der Waals surface area (Å²) in [7, 11) is 0. The number of amides is 1. The Kier molecular flexibility index (Phi) is 5.98. The molecule has 2 aromatic carbocycles. The maximum Gasteiger partial charge on any atom is 0.277 e. The van der Waals surface area contributed by atoms with E-state index in [9.17, 15) is 4.79 Å². The molecular formula is C16H11Cl2N3O2. The lowest BCUT2D eigenvalue weighted by Crippen LogP contribution is -2.24. The standard InChI is InChI=1S/C16H11Cl2N3O2/c17-14-2-1-3-15(18)13(14)9-20-21-16(22)10-23-12-6-4-11(8-19)5-7-12/h1-7,9H,10H2,(H,21,22)/b20-9-. The van der Waals surface area contributed by atoms with Crippen molar-refractivity contribution in [2.45, 2.75) is 0 Å². The molecule has 1 amide bonds. The first-order chi connectivity index (χ1) is 11.1. The van der Waals surface area contributed by atoms with Gasteiger partial charge in [-0.3, -0.25) is 4.79 Å². The molecule has 0 fully saturated rings. The van der Waals surface area contributed by atoms with E-state index in [0.717, 1.165) is 0 Å². The van der Waals surface area contributed by atoms with Gasteiger partial charge in [-0.1, -0.05) is 29.3 Å². The van der Waals surface area contributed by atoms with E-state index < -0.39 is 5.91 Å². The predicted molar refractivity (Wildman–Crippen MR) is 88.9 cm³/mol. The number of carbonyl (C=O) groups is 1. The molecule has 23 heavy (non-hydrogen) atoms. The molecule has 7 heteroatoms. The van der Waals surface area contributed by atoms with E-state index in [-0.39, 0.29) is 6.61 Å². The Hall–Kier alpha value is -2.55. The van der Waals surface area contributed by atoms with Gasteiger partial charge in [0.25, 0.3) is 5.91 Å². The van der Waals surface area contributed by atoms with Crippen LogP contribution in [0.2, 0.25) is 10.0 Å². The highest BCUT2D eigenvalue weighted by Crippen LogP contribution is 2.21. The Morgan fingerprint density at radius 2 is 1.87 bits per heavy atom. The number of rotatable bonds is 5. The molecule has 0 aliphatic rings. The average molecular weight is 348 g/mol. The van der Waals surface area contributed by atoms with Crippen LogP contribution in [0, 0.1) is 11.3 Å². The molecule has 0 atom stereocenters. The Bertz CT molecular complexity index is 748. The number of halogens is 2. The maximum absolute atomic E-state index is 11.6. The SMILES string of the molecule is N#Cc1ccc(OCC(=O)N/N=C\c2c(Cl)cccc2Cl)cc1. The highest BCUT2D eigenvalue weighted by Gasteiger charge is 2.04. The first kappa shape index (κ1) is 16.8. The van der Waals surface area contributed by atoms with Crippen LogP contribution in [-0.2, 0) is 4.79 Å². The smallest absolute Gasteiger partial charge is 0.277 e. The summed E-state index contributed by atoms with van der Waals surface area (Å²) < 4.78 is 5.27. The minimum absolute atomic E-state index is 0.209. The molecule has 0 radical (unpaired) electrons. The van der Waals surface area contributed by atoms with E-state index >= 15 is 0 Å². The molecular weight excluding hydrogens is 337 g/mol. The topological polar surface area (TPSA) is 74.5 Å². The van der Waals surface area contributed by atoms with Crippen molar-refractivity contribution in [3.05, 3.63) is 63.6 Å². The zero-order chi connectivity index (χ0) is 16.7. The third-order valence-electron chi connectivity index (χ3n) is 2.74. The molecule has 0 aliphatic carbocycles. The number of nitrogens with zero attached hydrogens (tertiary/aromatic N) is 2. The summed E-state index contributed by atoms with van der Waals surface area (Å²) in [6.07, 6.45) is 1.37. The van der Waals surface area contributed by atoms with Crippen molar-refractivity contribution in [2.24, 2.45) is 5.10 Å². The van der Waals surface area contributed by atoms with Crippen molar-refractivity contribution < 1.29 is 9.53 Å². The number of nitrogens with one attached hydrogen (secondary N) is 1. The number of benzene rings is 2. The molecule has 0 aromatic heterocycles. The van der Waals surface area contributed by atoms with Gasteiger partial charge in [0.05, 0.1) is 27.9 Å². The molecule has 0 aliphatic heterocycles. The lowest BCUT2D eigenvalue weighted by molar-refractivity contribution is -0.123. The van der Waals surface area contributed by atoms with E-state index in [1.165, 1.54) is 6.21 Å². The van der Waals surface area contributed by atoms with E-state index in [1.54, 1.807) is 42.5 Å². The Morgan fingerprint density at radius 3 is 2.48 bits per heavy atom. The molecule has 0 heterocycles. The minimum Gasteiger partial charge on any atom is -0.484 e. The van der Waals surface area contributed by atoms with Crippen molar-refractivity contribution in [1.29, 1.82) is 5.26 Å². The van der Waals surface area contributed by atoms with E-state index in [2.05, 4.69) is 10.5 Å². The summed E-state index contributed by atoms with van der Waals surface area (Å²) >= 11 is 11.9. The zero-order valence-corrected chi connectivity index (χ0v) is 13.3. The van der Waals surface area contributed by atoms with Gasteiger partial charge >= 0.3 is 0 Å². The molecule has 1 N–H and O–H groups in total. The summed E-state index contributed by atoms with van der Waals surface area (Å²) in [6.45, 7) is -0.209. The maximum atomic E-state index is 11.6. The van der Waals surface area contributed by atoms with Crippen molar-refractivity contribution in [2.75, 3.05) is 6.61 Å². The molecule has 0 spiro atoms. The lowest BCUT2D eigenvalue weighted by Gasteiger charge is -2.05. The van der Waals surface area contributed by atoms with Gasteiger partial charge in [0.15, 0.2) is 6.61 Å². The monoisotopic (exact) mass is 347 g/mol. The van der Waals surface area contributed by atoms with Gasteiger partial charge in [-0.05, 0) is 36.4 Å². The quantitative estimate of drug-likeness (QED) is 0.665. The van der Waals surface area contributed by atoms with Crippen LogP contribution in [0.3, 0.4) is 0 Å². The Morgan fingerprint density at radius 1 is 1.22 bits per heavy atom. The van der Waals surface area contributed by atoms with Crippen molar-refractivity contribution in [3.8, 4) is 11.8 Å². The van der Waals surface area contributed by atoms with Crippen LogP contribution < -0.4 is 10.2 Å². The molecule has 2 rings (SSSR count). The largest absolute Gasteiger partial charge is 0.484 e. The average Bonchev–Trinajstić information content (AvgIpc) is 2.56. The molecule has 0 saturated heterocycles. The fraction of sp³-hybridized carbons (Fsp3) is 0.0625. The third kappa shape index (κ3) is 4.99. The van der Waals surface area contributed by atoms with Crippen molar-refractivity contribution >= 4 is 35.3 Å². The molecule has 0 unspecified atom stereocenters. The second-order valence-corrected chi connectivity index (χ2v) is 5.17. The number of nitriles is 1. The van der Waals surface area contributed by atoms with Crippen LogP contribution in [0.25, 0.3) is 0 Å². The summed E-state index contributed by atoms with van der Waals surface area (Å²) in [4.78, 5) is 11.6. The van der Waals surface area contributed by atoms with Gasteiger partial charge in [0, 0.05) is 5.56 Å². The normalized spacial score (nSPS) is 10.3. The van der Waals surface area contributed by atoms with Crippen LogP contribution in [0.5, 0.6) is 5.75 Å². The summed E-state index contributed by atoms with van der Waals surface area (Å²) in [5.74, 6) is 0.0473. The highest BCUT2D eigenvalue weighted by atomic mass is 35.5. The molecule has 116 valence electrons. The van der Waals surface area contributed by atoms with E-state index in [1.807, 2.05) is 6.07 Å². The molecule has 0 bridgehead atoms. The Labute approximate surface area is 143 Å². The van der Waals surface area contributed by atoms with Crippen molar-refractivity contribution in [1.82, 2.24) is 5.43 Å². The number of ether oxygens (including phenoxy) is 1. The van der Waals surface area contributed by atoms with Gasteiger partial charge < -0.3 is 4.74 Å². The van der Waals surface area contributed by atoms with Crippen LogP contribution in [0.1, 0.15) is 11.1 Å². The predicted octanol–water partition coefficient (Wildman–Crippen LogP) is 3.39. The number of hydrazone groups is 1. The molecule has 0 saturated carbocycles. The van der Waals surface area contributed by atoms with Gasteiger partial charge in [-0.15, -0.1) is 0 Å². The van der Waals surface area contributed by atoms with Crippen LogP contribution in [0.15, 0.2) is 47.6 Å². The van der Waals surface area contributed by atoms with Gasteiger partial charge in [-0.2, -0.15) is 10.4 Å². The van der Waals surface area contributed by atoms with Crippen LogP contribution in [-0.4, -0.2) is 18.7 Å². The number of hydrogen-bond donors (Lipinski definition) is 1. The van der Waals surface area contributed by atoms with Gasteiger partial charge in [-0.25, -0.2) is 5.43 Å². The molecule has 2 aromatic rings. The first-order valence-corrected chi connectivity index (χ1v) is 7.24. The summed E-state index contributed by atoms with van der Waals surface area (Å²) in [5.41, 5.74) is 3.35. The zero-order valence-electron chi connectivity index (χ0n) is 11.8. The van der Waals surface area contributed by atoms with Gasteiger partial charge in [0.2, 0.25) is 0 Å². The van der Waals surface area contributed by atoms with Crippen molar-refractivity contribution in [3.63, 3.8) is 0 Å². The third-order valence-corrected chi connectivity index (χ3v) is 3.40. The Balaban J connectivity index is 1.85. The lowest BCUT2D eigenvalue weighted by atomic mass is 10.2. The first-order valence-electron chi connectivity index (χ1n) is 6.49. The number of hydrogen-bond acceptors (Lipinski definition) is 4. The van der Waals surface area contributed by atoms with Crippen LogP contribution >= 0.6 is 23.2 Å². The number of carbonyl (C=O) groups excluding carboxylic acids is 1. The molecule has 5 nitrogen and oxygen atoms in total. The van der Waals surface area contributed by atoms with E-state index in [0.29, 0.717) is 26.9 Å². The minimum atomic E-state index is -0.436. The van der Waals surface area contributed by atoms with Crippen LogP contribution in [0.4, 0.5) is 0 Å². The second kappa shape index (κ2) is 8.18. The van der Waals surface area contributed by atoms with E-state index in [4.69, 9.17) is 33.2 Å². The summed E-state index contributed by atoms with van der Waals surface area (Å²) in [5, 5.41) is 13.3.